The Bertz CT molecular complexity index is 616. The molecule has 1 fully saturated rings. The van der Waals surface area contributed by atoms with Crippen LogP contribution in [0.4, 0.5) is 0 Å². The van der Waals surface area contributed by atoms with Crippen LogP contribution in [0.1, 0.15) is 24.1 Å². The first kappa shape index (κ1) is 21.8. The number of benzene rings is 2. The van der Waals surface area contributed by atoms with Crippen LogP contribution in [0.2, 0.25) is 0 Å². The van der Waals surface area contributed by atoms with Gasteiger partial charge in [-0.05, 0) is 36.2 Å². The van der Waals surface area contributed by atoms with Crippen LogP contribution < -0.4 is 0 Å². The molecule has 0 saturated carbocycles. The zero-order valence-electron chi connectivity index (χ0n) is 14.7. The summed E-state index contributed by atoms with van der Waals surface area (Å²) in [6, 6.07) is 18.8. The van der Waals surface area contributed by atoms with Gasteiger partial charge in [0.25, 0.3) is 0 Å². The normalized spacial score (nSPS) is 16.5. The number of phenolic OH excluding ortho intramolecular Hbond substituents is 1. The summed E-state index contributed by atoms with van der Waals surface area (Å²) in [7, 11) is 0. The van der Waals surface area contributed by atoms with E-state index in [1.807, 2.05) is 12.1 Å². The summed E-state index contributed by atoms with van der Waals surface area (Å²) in [4.78, 5) is 5.10. The fourth-order valence-corrected chi connectivity index (χ4v) is 3.43. The highest BCUT2D eigenvalue weighted by Crippen LogP contribution is 2.27. The van der Waals surface area contributed by atoms with Gasteiger partial charge in [-0.2, -0.15) is 0 Å². The lowest BCUT2D eigenvalue weighted by molar-refractivity contribution is 0.0987. The quantitative estimate of drug-likeness (QED) is 0.840. The number of likely N-dealkylation sites (N-methyl/N-ethyl adjacent to an activating group) is 1. The Hall–Kier alpha value is -1.26. The summed E-state index contributed by atoms with van der Waals surface area (Å²) >= 11 is 0. The predicted octanol–water partition coefficient (Wildman–Crippen LogP) is 4.16. The first-order chi connectivity index (χ1) is 11.3. The van der Waals surface area contributed by atoms with Crippen LogP contribution in [0.3, 0.4) is 0 Å². The molecule has 138 valence electrons. The third-order valence-corrected chi connectivity index (χ3v) is 4.82. The number of aromatic hydroxyl groups is 1. The summed E-state index contributed by atoms with van der Waals surface area (Å²) in [5.41, 5.74) is 2.55. The van der Waals surface area contributed by atoms with E-state index in [9.17, 15) is 5.11 Å². The van der Waals surface area contributed by atoms with Crippen molar-refractivity contribution in [3.05, 3.63) is 65.7 Å². The van der Waals surface area contributed by atoms with Gasteiger partial charge in [0.2, 0.25) is 0 Å². The number of piperazine rings is 1. The van der Waals surface area contributed by atoms with Gasteiger partial charge < -0.3 is 10.0 Å². The Balaban J connectivity index is 0.00000156. The van der Waals surface area contributed by atoms with Crippen LogP contribution in [0.25, 0.3) is 0 Å². The zero-order valence-corrected chi connectivity index (χ0v) is 16.3. The summed E-state index contributed by atoms with van der Waals surface area (Å²) in [6.07, 6.45) is 0.935. The summed E-state index contributed by atoms with van der Waals surface area (Å²) in [6.45, 7) is 7.85. The Morgan fingerprint density at radius 3 is 2.20 bits per heavy atom. The maximum Gasteiger partial charge on any atom is 0.115 e. The standard InChI is InChI=1S/C20H26N2O.2ClH/c1-2-21-11-13-22(14-12-21)20(18-8-4-3-5-9-18)16-17-7-6-10-19(23)15-17;;/h3-10,15,20,23H,2,11-14,16H2,1H3;2*1H. The Labute approximate surface area is 163 Å². The molecule has 1 unspecified atom stereocenters. The van der Waals surface area contributed by atoms with Gasteiger partial charge in [-0.15, -0.1) is 24.8 Å². The molecule has 3 rings (SSSR count). The van der Waals surface area contributed by atoms with Crippen molar-refractivity contribution in [3.63, 3.8) is 0 Å². The van der Waals surface area contributed by atoms with Crippen molar-refractivity contribution in [1.29, 1.82) is 0 Å². The average Bonchev–Trinajstić information content (AvgIpc) is 2.61. The minimum Gasteiger partial charge on any atom is -0.508 e. The van der Waals surface area contributed by atoms with Gasteiger partial charge in [-0.1, -0.05) is 49.4 Å². The van der Waals surface area contributed by atoms with Crippen molar-refractivity contribution < 1.29 is 5.11 Å². The van der Waals surface area contributed by atoms with Crippen molar-refractivity contribution in [2.45, 2.75) is 19.4 Å². The molecular formula is C20H28Cl2N2O. The molecule has 2 aromatic rings. The monoisotopic (exact) mass is 382 g/mol. The predicted molar refractivity (Wildman–Crippen MR) is 109 cm³/mol. The van der Waals surface area contributed by atoms with Crippen LogP contribution in [0.15, 0.2) is 54.6 Å². The number of nitrogens with zero attached hydrogens (tertiary/aromatic N) is 2. The molecule has 1 aliphatic rings. The lowest BCUT2D eigenvalue weighted by atomic mass is 9.96. The van der Waals surface area contributed by atoms with Gasteiger partial charge in [-0.25, -0.2) is 0 Å². The Kier molecular flexibility index (Phi) is 9.30. The largest absolute Gasteiger partial charge is 0.508 e. The molecule has 25 heavy (non-hydrogen) atoms. The van der Waals surface area contributed by atoms with E-state index in [1.54, 1.807) is 6.07 Å². The number of halogens is 2. The Morgan fingerprint density at radius 2 is 1.60 bits per heavy atom. The van der Waals surface area contributed by atoms with Crippen LogP contribution in [-0.4, -0.2) is 47.6 Å². The van der Waals surface area contributed by atoms with Gasteiger partial charge in [0.1, 0.15) is 5.75 Å². The van der Waals surface area contributed by atoms with E-state index in [0.717, 1.165) is 39.1 Å². The highest BCUT2D eigenvalue weighted by Gasteiger charge is 2.24. The SMILES string of the molecule is CCN1CCN(C(Cc2cccc(O)c2)c2ccccc2)CC1.Cl.Cl. The van der Waals surface area contributed by atoms with Crippen LogP contribution >= 0.6 is 24.8 Å². The van der Waals surface area contributed by atoms with Crippen LogP contribution in [0.5, 0.6) is 5.75 Å². The molecule has 1 saturated heterocycles. The molecule has 0 spiro atoms. The van der Waals surface area contributed by atoms with Crippen molar-refractivity contribution in [3.8, 4) is 5.75 Å². The topological polar surface area (TPSA) is 26.7 Å². The molecule has 1 heterocycles. The Morgan fingerprint density at radius 1 is 0.920 bits per heavy atom. The van der Waals surface area contributed by atoms with Crippen molar-refractivity contribution in [1.82, 2.24) is 9.80 Å². The highest BCUT2D eigenvalue weighted by atomic mass is 35.5. The van der Waals surface area contributed by atoms with Gasteiger partial charge in [0, 0.05) is 32.2 Å². The number of hydrogen-bond acceptors (Lipinski definition) is 3. The van der Waals surface area contributed by atoms with Crippen LogP contribution in [-0.2, 0) is 6.42 Å². The molecule has 3 nitrogen and oxygen atoms in total. The van der Waals surface area contributed by atoms with E-state index in [0.29, 0.717) is 11.8 Å². The minimum absolute atomic E-state index is 0. The van der Waals surface area contributed by atoms with Crippen molar-refractivity contribution in [2.24, 2.45) is 0 Å². The summed E-state index contributed by atoms with van der Waals surface area (Å²) in [5.74, 6) is 0.352. The lowest BCUT2D eigenvalue weighted by Crippen LogP contribution is -2.47. The molecule has 1 N–H and O–H groups in total. The second-order valence-electron chi connectivity index (χ2n) is 6.27. The molecule has 0 aromatic heterocycles. The molecule has 5 heteroatoms. The molecule has 0 radical (unpaired) electrons. The molecule has 0 bridgehead atoms. The minimum atomic E-state index is 0. The van der Waals surface area contributed by atoms with E-state index < -0.39 is 0 Å². The first-order valence-corrected chi connectivity index (χ1v) is 8.55. The first-order valence-electron chi connectivity index (χ1n) is 8.55. The van der Waals surface area contributed by atoms with Gasteiger partial charge in [0.15, 0.2) is 0 Å². The second-order valence-corrected chi connectivity index (χ2v) is 6.27. The van der Waals surface area contributed by atoms with E-state index >= 15 is 0 Å². The fraction of sp³-hybridized carbons (Fsp3) is 0.400. The molecular weight excluding hydrogens is 355 g/mol. The van der Waals surface area contributed by atoms with E-state index in [4.69, 9.17) is 0 Å². The second kappa shape index (κ2) is 10.7. The number of rotatable bonds is 5. The van der Waals surface area contributed by atoms with E-state index in [2.05, 4.69) is 53.1 Å². The third-order valence-electron chi connectivity index (χ3n) is 4.82. The van der Waals surface area contributed by atoms with Crippen LogP contribution in [0, 0.1) is 0 Å². The average molecular weight is 383 g/mol. The van der Waals surface area contributed by atoms with E-state index in [-0.39, 0.29) is 24.8 Å². The maximum atomic E-state index is 9.75. The molecule has 1 atom stereocenters. The third kappa shape index (κ3) is 5.89. The highest BCUT2D eigenvalue weighted by molar-refractivity contribution is 5.85. The maximum absolute atomic E-state index is 9.75. The van der Waals surface area contributed by atoms with E-state index in [1.165, 1.54) is 11.1 Å². The van der Waals surface area contributed by atoms with Gasteiger partial charge >= 0.3 is 0 Å². The molecule has 0 aliphatic carbocycles. The molecule has 1 aliphatic heterocycles. The van der Waals surface area contributed by atoms with Crippen molar-refractivity contribution in [2.75, 3.05) is 32.7 Å². The number of phenols is 1. The smallest absolute Gasteiger partial charge is 0.115 e. The number of hydrogen-bond donors (Lipinski definition) is 1. The lowest BCUT2D eigenvalue weighted by Gasteiger charge is -2.39. The molecule has 2 aromatic carbocycles. The zero-order chi connectivity index (χ0) is 16.1. The fourth-order valence-electron chi connectivity index (χ4n) is 3.43. The summed E-state index contributed by atoms with van der Waals surface area (Å²) < 4.78 is 0. The molecule has 0 amide bonds. The van der Waals surface area contributed by atoms with Crippen molar-refractivity contribution >= 4 is 24.8 Å². The van der Waals surface area contributed by atoms with Gasteiger partial charge in [-0.3, -0.25) is 4.90 Å². The summed E-state index contributed by atoms with van der Waals surface area (Å²) in [5, 5.41) is 9.75. The van der Waals surface area contributed by atoms with Gasteiger partial charge in [0.05, 0.1) is 0 Å².